The Morgan fingerprint density at radius 2 is 2.00 bits per heavy atom. The molecule has 9 heavy (non-hydrogen) atoms. The van der Waals surface area contributed by atoms with Gasteiger partial charge in [0.2, 0.25) is 0 Å². The first-order valence-corrected chi connectivity index (χ1v) is 3.01. The number of allylic oxidation sites excluding steroid dienone is 2. The molecule has 2 heteroatoms. The lowest BCUT2D eigenvalue weighted by Crippen LogP contribution is -2.06. The number of rotatable bonds is 2. The van der Waals surface area contributed by atoms with E-state index in [9.17, 15) is 4.79 Å². The lowest BCUT2D eigenvalue weighted by molar-refractivity contribution is -0.112. The number of ketones is 1. The van der Waals surface area contributed by atoms with E-state index in [1.54, 1.807) is 0 Å². The second-order valence-corrected chi connectivity index (χ2v) is 2.41. The zero-order valence-electron chi connectivity index (χ0n) is 6.14. The van der Waals surface area contributed by atoms with Crippen LogP contribution in [0.25, 0.3) is 0 Å². The molecule has 0 saturated heterocycles. The van der Waals surface area contributed by atoms with E-state index in [-0.39, 0.29) is 11.7 Å². The Morgan fingerprint density at radius 3 is 2.11 bits per heavy atom. The Balaban J connectivity index is 4.00. The van der Waals surface area contributed by atoms with Gasteiger partial charge in [-0.2, -0.15) is 0 Å². The molecular formula is C7H13NO. The van der Waals surface area contributed by atoms with Crippen molar-refractivity contribution in [2.45, 2.75) is 20.8 Å². The van der Waals surface area contributed by atoms with Crippen molar-refractivity contribution in [1.82, 2.24) is 0 Å². The Kier molecular flexibility index (Phi) is 2.99. The molecule has 0 aromatic rings. The summed E-state index contributed by atoms with van der Waals surface area (Å²) in [6.07, 6.45) is 1.46. The van der Waals surface area contributed by atoms with Crippen LogP contribution < -0.4 is 5.73 Å². The van der Waals surface area contributed by atoms with Crippen LogP contribution >= 0.6 is 0 Å². The van der Waals surface area contributed by atoms with Crippen LogP contribution in [0.15, 0.2) is 11.8 Å². The topological polar surface area (TPSA) is 43.1 Å². The molecule has 0 heterocycles. The van der Waals surface area contributed by atoms with E-state index in [1.165, 1.54) is 13.0 Å². The quantitative estimate of drug-likeness (QED) is 0.564. The molecular weight excluding hydrogens is 114 g/mol. The summed E-state index contributed by atoms with van der Waals surface area (Å²) in [6.45, 7) is 5.40. The Hall–Kier alpha value is -0.790. The SMILES string of the molecule is CC(=O)C=C(N)C(C)C. The molecule has 0 aliphatic rings. The van der Waals surface area contributed by atoms with Crippen molar-refractivity contribution in [3.63, 3.8) is 0 Å². The number of hydrogen-bond donors (Lipinski definition) is 1. The van der Waals surface area contributed by atoms with Gasteiger partial charge >= 0.3 is 0 Å². The second-order valence-electron chi connectivity index (χ2n) is 2.41. The average molecular weight is 127 g/mol. The highest BCUT2D eigenvalue weighted by Gasteiger charge is 1.96. The van der Waals surface area contributed by atoms with E-state index in [0.717, 1.165) is 0 Å². The largest absolute Gasteiger partial charge is 0.402 e. The molecule has 0 unspecified atom stereocenters. The molecule has 0 aromatic carbocycles. The highest BCUT2D eigenvalue weighted by Crippen LogP contribution is 2.00. The van der Waals surface area contributed by atoms with Crippen LogP contribution in [0, 0.1) is 5.92 Å². The summed E-state index contributed by atoms with van der Waals surface area (Å²) in [5, 5.41) is 0. The van der Waals surface area contributed by atoms with E-state index in [4.69, 9.17) is 5.73 Å². The van der Waals surface area contributed by atoms with Crippen LogP contribution in [0.3, 0.4) is 0 Å². The maximum atomic E-state index is 10.4. The van der Waals surface area contributed by atoms with Gasteiger partial charge in [-0.3, -0.25) is 4.79 Å². The molecule has 0 bridgehead atoms. The maximum absolute atomic E-state index is 10.4. The summed E-state index contributed by atoms with van der Waals surface area (Å²) >= 11 is 0. The summed E-state index contributed by atoms with van der Waals surface area (Å²) in [5.74, 6) is 0.287. The first kappa shape index (κ1) is 8.21. The average Bonchev–Trinajstić information content (AvgIpc) is 1.63. The van der Waals surface area contributed by atoms with Crippen LogP contribution in [0.5, 0.6) is 0 Å². The second kappa shape index (κ2) is 3.28. The van der Waals surface area contributed by atoms with Crippen molar-refractivity contribution in [1.29, 1.82) is 0 Å². The lowest BCUT2D eigenvalue weighted by atomic mass is 10.1. The molecule has 0 rings (SSSR count). The first-order chi connectivity index (χ1) is 4.04. The van der Waals surface area contributed by atoms with Gasteiger partial charge in [0, 0.05) is 5.70 Å². The van der Waals surface area contributed by atoms with Gasteiger partial charge in [-0.1, -0.05) is 13.8 Å². The molecule has 52 valence electrons. The Labute approximate surface area is 55.7 Å². The van der Waals surface area contributed by atoms with Gasteiger partial charge in [-0.05, 0) is 18.9 Å². The van der Waals surface area contributed by atoms with Crippen molar-refractivity contribution in [2.24, 2.45) is 11.7 Å². The van der Waals surface area contributed by atoms with Crippen molar-refractivity contribution < 1.29 is 4.79 Å². The standard InChI is InChI=1S/C7H13NO/c1-5(2)7(8)4-6(3)9/h4-5H,8H2,1-3H3. The normalized spacial score (nSPS) is 12.2. The van der Waals surface area contributed by atoms with Gasteiger partial charge in [0.1, 0.15) is 0 Å². The summed E-state index contributed by atoms with van der Waals surface area (Å²) in [6, 6.07) is 0. The van der Waals surface area contributed by atoms with E-state index in [0.29, 0.717) is 5.70 Å². The fourth-order valence-electron chi connectivity index (χ4n) is 0.401. The number of carbonyl (C=O) groups excluding carboxylic acids is 1. The predicted octanol–water partition coefficient (Wildman–Crippen LogP) is 1.07. The van der Waals surface area contributed by atoms with Crippen molar-refractivity contribution >= 4 is 5.78 Å². The minimum absolute atomic E-state index is 0.0150. The molecule has 0 aromatic heterocycles. The van der Waals surface area contributed by atoms with Crippen LogP contribution in [-0.4, -0.2) is 5.78 Å². The van der Waals surface area contributed by atoms with Crippen LogP contribution in [0.2, 0.25) is 0 Å². The fourth-order valence-corrected chi connectivity index (χ4v) is 0.401. The number of hydrogen-bond acceptors (Lipinski definition) is 2. The van der Waals surface area contributed by atoms with Gasteiger partial charge in [-0.15, -0.1) is 0 Å². The lowest BCUT2D eigenvalue weighted by Gasteiger charge is -2.01. The van der Waals surface area contributed by atoms with E-state index in [1.807, 2.05) is 13.8 Å². The monoisotopic (exact) mass is 127 g/mol. The van der Waals surface area contributed by atoms with Gasteiger partial charge in [0.15, 0.2) is 5.78 Å². The number of carbonyl (C=O) groups is 1. The van der Waals surface area contributed by atoms with Gasteiger partial charge in [0.05, 0.1) is 0 Å². The third kappa shape index (κ3) is 3.76. The number of nitrogens with two attached hydrogens (primary N) is 1. The Bertz CT molecular complexity index is 136. The fraction of sp³-hybridized carbons (Fsp3) is 0.571. The molecule has 0 aliphatic heterocycles. The van der Waals surface area contributed by atoms with Crippen LogP contribution in [0.1, 0.15) is 20.8 Å². The highest BCUT2D eigenvalue weighted by molar-refractivity contribution is 5.87. The highest BCUT2D eigenvalue weighted by atomic mass is 16.1. The van der Waals surface area contributed by atoms with Crippen molar-refractivity contribution in [3.05, 3.63) is 11.8 Å². The van der Waals surface area contributed by atoms with Gasteiger partial charge in [0.25, 0.3) is 0 Å². The van der Waals surface area contributed by atoms with Crippen molar-refractivity contribution in [3.8, 4) is 0 Å². The first-order valence-electron chi connectivity index (χ1n) is 3.01. The zero-order chi connectivity index (χ0) is 7.44. The minimum Gasteiger partial charge on any atom is -0.402 e. The van der Waals surface area contributed by atoms with Gasteiger partial charge < -0.3 is 5.73 Å². The van der Waals surface area contributed by atoms with E-state index in [2.05, 4.69) is 0 Å². The third-order valence-electron chi connectivity index (χ3n) is 1.04. The summed E-state index contributed by atoms with van der Waals surface area (Å²) in [4.78, 5) is 10.4. The zero-order valence-corrected chi connectivity index (χ0v) is 6.14. The molecule has 0 fully saturated rings. The van der Waals surface area contributed by atoms with E-state index >= 15 is 0 Å². The molecule has 0 atom stereocenters. The minimum atomic E-state index is 0.0150. The Morgan fingerprint density at radius 1 is 1.56 bits per heavy atom. The molecule has 0 amide bonds. The molecule has 0 radical (unpaired) electrons. The van der Waals surface area contributed by atoms with Gasteiger partial charge in [-0.25, -0.2) is 0 Å². The molecule has 0 aliphatic carbocycles. The molecule has 2 nitrogen and oxygen atoms in total. The summed E-state index contributed by atoms with van der Waals surface area (Å²) < 4.78 is 0. The molecule has 0 saturated carbocycles. The smallest absolute Gasteiger partial charge is 0.154 e. The van der Waals surface area contributed by atoms with Crippen LogP contribution in [0.4, 0.5) is 0 Å². The molecule has 2 N–H and O–H groups in total. The molecule has 0 spiro atoms. The summed E-state index contributed by atoms with van der Waals surface area (Å²) in [5.41, 5.74) is 6.11. The third-order valence-corrected chi connectivity index (χ3v) is 1.04. The summed E-state index contributed by atoms with van der Waals surface area (Å²) in [7, 11) is 0. The van der Waals surface area contributed by atoms with Crippen LogP contribution in [-0.2, 0) is 4.79 Å². The maximum Gasteiger partial charge on any atom is 0.154 e. The predicted molar refractivity (Wildman–Crippen MR) is 37.8 cm³/mol. The van der Waals surface area contributed by atoms with Crippen molar-refractivity contribution in [2.75, 3.05) is 0 Å². The van der Waals surface area contributed by atoms with E-state index < -0.39 is 0 Å².